The maximum Gasteiger partial charge on any atom is 0.306 e. The normalized spacial score (nSPS) is 40.0. The van der Waals surface area contributed by atoms with E-state index in [1.807, 2.05) is 6.92 Å². The van der Waals surface area contributed by atoms with Crippen LogP contribution in [0.15, 0.2) is 0 Å². The zero-order valence-electron chi connectivity index (χ0n) is 16.3. The lowest BCUT2D eigenvalue weighted by molar-refractivity contribution is -0.148. The van der Waals surface area contributed by atoms with Gasteiger partial charge in [-0.1, -0.05) is 6.92 Å². The number of amides is 2. The molecule has 0 radical (unpaired) electrons. The van der Waals surface area contributed by atoms with E-state index in [0.717, 1.165) is 17.8 Å². The van der Waals surface area contributed by atoms with Crippen LogP contribution in [0.1, 0.15) is 58.3 Å². The number of carboxylic acids is 1. The molecule has 0 aromatic rings. The molecule has 150 valence electrons. The van der Waals surface area contributed by atoms with Gasteiger partial charge in [-0.15, -0.1) is 0 Å². The number of rotatable bonds is 5. The van der Waals surface area contributed by atoms with Gasteiger partial charge in [0, 0.05) is 19.5 Å². The summed E-state index contributed by atoms with van der Waals surface area (Å²) in [4.78, 5) is 37.9. The van der Waals surface area contributed by atoms with Crippen LogP contribution in [0.25, 0.3) is 0 Å². The third-order valence-electron chi connectivity index (χ3n) is 7.71. The Labute approximate surface area is 161 Å². The van der Waals surface area contributed by atoms with Crippen LogP contribution in [0.3, 0.4) is 0 Å². The highest BCUT2D eigenvalue weighted by Gasteiger charge is 2.51. The number of hydrogen-bond donors (Lipinski definition) is 2. The number of aliphatic carboxylic acids is 1. The number of carbonyl (C=O) groups excluding carboxylic acids is 2. The van der Waals surface area contributed by atoms with Gasteiger partial charge in [0.1, 0.15) is 0 Å². The molecule has 4 bridgehead atoms. The van der Waals surface area contributed by atoms with Gasteiger partial charge < -0.3 is 15.3 Å². The van der Waals surface area contributed by atoms with Gasteiger partial charge in [-0.2, -0.15) is 0 Å². The van der Waals surface area contributed by atoms with Gasteiger partial charge >= 0.3 is 5.97 Å². The number of piperidine rings is 1. The molecular formula is C21H32N2O4. The SMILES string of the molecule is CC1CN(C(=O)CNC(=O)CC23CC4CC(CC(C4)C2)C3)CCC1C(=O)O. The molecule has 27 heavy (non-hydrogen) atoms. The van der Waals surface area contributed by atoms with Crippen LogP contribution >= 0.6 is 0 Å². The van der Waals surface area contributed by atoms with E-state index in [1.165, 1.54) is 38.5 Å². The molecule has 6 heteroatoms. The van der Waals surface area contributed by atoms with Crippen LogP contribution in [-0.2, 0) is 14.4 Å². The molecule has 1 heterocycles. The van der Waals surface area contributed by atoms with E-state index in [4.69, 9.17) is 0 Å². The first-order chi connectivity index (χ1) is 12.8. The number of nitrogens with one attached hydrogen (secondary N) is 1. The van der Waals surface area contributed by atoms with Crippen LogP contribution in [-0.4, -0.2) is 47.4 Å². The van der Waals surface area contributed by atoms with Crippen molar-refractivity contribution < 1.29 is 19.5 Å². The summed E-state index contributed by atoms with van der Waals surface area (Å²) in [7, 11) is 0. The van der Waals surface area contributed by atoms with Crippen LogP contribution in [0, 0.1) is 35.0 Å². The van der Waals surface area contributed by atoms with E-state index in [2.05, 4.69) is 5.32 Å². The molecule has 2 N–H and O–H groups in total. The average Bonchev–Trinajstić information content (AvgIpc) is 2.57. The molecule has 0 spiro atoms. The van der Waals surface area contributed by atoms with Crippen molar-refractivity contribution in [2.45, 2.75) is 58.3 Å². The Kier molecular flexibility index (Phi) is 4.93. The van der Waals surface area contributed by atoms with Gasteiger partial charge in [-0.3, -0.25) is 14.4 Å². The van der Waals surface area contributed by atoms with Crippen LogP contribution in [0.4, 0.5) is 0 Å². The van der Waals surface area contributed by atoms with E-state index >= 15 is 0 Å². The quantitative estimate of drug-likeness (QED) is 0.771. The maximum absolute atomic E-state index is 12.6. The maximum atomic E-state index is 12.6. The Morgan fingerprint density at radius 1 is 1.07 bits per heavy atom. The van der Waals surface area contributed by atoms with E-state index in [9.17, 15) is 19.5 Å². The molecule has 4 aliphatic carbocycles. The monoisotopic (exact) mass is 376 g/mol. The zero-order valence-corrected chi connectivity index (χ0v) is 16.3. The molecule has 2 amide bonds. The van der Waals surface area contributed by atoms with Crippen LogP contribution in [0.2, 0.25) is 0 Å². The Hall–Kier alpha value is -1.59. The fourth-order valence-corrected chi connectivity index (χ4v) is 6.93. The molecule has 2 atom stereocenters. The first-order valence-electron chi connectivity index (χ1n) is 10.6. The van der Waals surface area contributed by atoms with E-state index < -0.39 is 5.97 Å². The summed E-state index contributed by atoms with van der Waals surface area (Å²) >= 11 is 0. The van der Waals surface area contributed by atoms with E-state index in [1.54, 1.807) is 4.90 Å². The Balaban J connectivity index is 1.25. The van der Waals surface area contributed by atoms with Gasteiger partial charge in [-0.25, -0.2) is 0 Å². The molecule has 0 aromatic carbocycles. The van der Waals surface area contributed by atoms with E-state index in [-0.39, 0.29) is 35.6 Å². The molecule has 5 aliphatic rings. The number of carbonyl (C=O) groups is 3. The molecule has 0 aromatic heterocycles. The summed E-state index contributed by atoms with van der Waals surface area (Å²) in [5, 5.41) is 12.1. The molecule has 5 rings (SSSR count). The summed E-state index contributed by atoms with van der Waals surface area (Å²) < 4.78 is 0. The third-order valence-corrected chi connectivity index (χ3v) is 7.71. The van der Waals surface area contributed by atoms with Gasteiger partial charge in [0.15, 0.2) is 0 Å². The lowest BCUT2D eigenvalue weighted by atomic mass is 9.49. The number of nitrogens with zero attached hydrogens (tertiary/aromatic N) is 1. The van der Waals surface area contributed by atoms with Crippen LogP contribution in [0.5, 0.6) is 0 Å². The van der Waals surface area contributed by atoms with Crippen molar-refractivity contribution in [3.05, 3.63) is 0 Å². The summed E-state index contributed by atoms with van der Waals surface area (Å²) in [5.41, 5.74) is 0.191. The molecular weight excluding hydrogens is 344 g/mol. The van der Waals surface area contributed by atoms with Crippen molar-refractivity contribution >= 4 is 17.8 Å². The average molecular weight is 376 g/mol. The second kappa shape index (κ2) is 7.10. The molecule has 6 nitrogen and oxygen atoms in total. The van der Waals surface area contributed by atoms with Crippen molar-refractivity contribution in [3.8, 4) is 0 Å². The van der Waals surface area contributed by atoms with Crippen molar-refractivity contribution in [2.24, 2.45) is 35.0 Å². The molecule has 5 fully saturated rings. The van der Waals surface area contributed by atoms with Crippen molar-refractivity contribution in [3.63, 3.8) is 0 Å². The highest BCUT2D eigenvalue weighted by atomic mass is 16.4. The summed E-state index contributed by atoms with van der Waals surface area (Å²) in [6.07, 6.45) is 8.74. The standard InChI is InChI=1S/C21H32N2O4/c1-13-12-23(3-2-17(13)20(26)27)19(25)11-22-18(24)10-21-7-14-4-15(8-21)6-16(5-14)9-21/h13-17H,2-12H2,1H3,(H,22,24)(H,26,27). The smallest absolute Gasteiger partial charge is 0.306 e. The van der Waals surface area contributed by atoms with Gasteiger partial charge in [0.05, 0.1) is 12.5 Å². The molecule has 1 saturated heterocycles. The lowest BCUT2D eigenvalue weighted by Gasteiger charge is -2.56. The minimum Gasteiger partial charge on any atom is -0.481 e. The van der Waals surface area contributed by atoms with Crippen LogP contribution < -0.4 is 5.32 Å². The van der Waals surface area contributed by atoms with Gasteiger partial charge in [-0.05, 0) is 74.0 Å². The first kappa shape index (κ1) is 18.8. The van der Waals surface area contributed by atoms with Crippen molar-refractivity contribution in [2.75, 3.05) is 19.6 Å². The topological polar surface area (TPSA) is 86.7 Å². The summed E-state index contributed by atoms with van der Waals surface area (Å²) in [6, 6.07) is 0. The molecule has 4 saturated carbocycles. The Morgan fingerprint density at radius 3 is 2.19 bits per heavy atom. The lowest BCUT2D eigenvalue weighted by Crippen LogP contribution is -2.50. The summed E-state index contributed by atoms with van der Waals surface area (Å²) in [5.74, 6) is 1.18. The van der Waals surface area contributed by atoms with Crippen molar-refractivity contribution in [1.82, 2.24) is 10.2 Å². The fourth-order valence-electron chi connectivity index (χ4n) is 6.93. The minimum atomic E-state index is -0.779. The van der Waals surface area contributed by atoms with Crippen molar-refractivity contribution in [1.29, 1.82) is 0 Å². The molecule has 2 unspecified atom stereocenters. The Morgan fingerprint density at radius 2 is 1.67 bits per heavy atom. The predicted molar refractivity (Wildman–Crippen MR) is 99.7 cm³/mol. The predicted octanol–water partition coefficient (Wildman–Crippen LogP) is 2.28. The van der Waals surface area contributed by atoms with Gasteiger partial charge in [0.2, 0.25) is 11.8 Å². The Bertz CT molecular complexity index is 596. The highest BCUT2D eigenvalue weighted by molar-refractivity contribution is 5.85. The number of carboxylic acid groups (broad SMARTS) is 1. The van der Waals surface area contributed by atoms with E-state index in [0.29, 0.717) is 25.9 Å². The third kappa shape index (κ3) is 3.85. The largest absolute Gasteiger partial charge is 0.481 e. The second-order valence-electron chi connectivity index (χ2n) is 9.92. The number of hydrogen-bond acceptors (Lipinski definition) is 3. The zero-order chi connectivity index (χ0) is 19.2. The highest BCUT2D eigenvalue weighted by Crippen LogP contribution is 2.61. The van der Waals surface area contributed by atoms with Gasteiger partial charge in [0.25, 0.3) is 0 Å². The molecule has 1 aliphatic heterocycles. The first-order valence-corrected chi connectivity index (χ1v) is 10.6. The fraction of sp³-hybridized carbons (Fsp3) is 0.857. The second-order valence-corrected chi connectivity index (χ2v) is 9.92. The summed E-state index contributed by atoms with van der Waals surface area (Å²) in [6.45, 7) is 2.84. The number of likely N-dealkylation sites (tertiary alicyclic amines) is 1. The minimum absolute atomic E-state index is 0.0128.